The molecule has 1 aliphatic carbocycles. The highest BCUT2D eigenvalue weighted by atomic mass is 35.5. The number of nitrogens with one attached hydrogen (secondary N) is 1. The molecule has 0 radical (unpaired) electrons. The van der Waals surface area contributed by atoms with Crippen molar-refractivity contribution in [1.29, 1.82) is 0 Å². The third-order valence-corrected chi connectivity index (χ3v) is 4.57. The predicted octanol–water partition coefficient (Wildman–Crippen LogP) is 3.79. The first-order chi connectivity index (χ1) is 10.2. The van der Waals surface area contributed by atoms with Crippen LogP contribution in [-0.4, -0.2) is 0 Å². The van der Waals surface area contributed by atoms with E-state index in [0.717, 1.165) is 19.3 Å². The predicted molar refractivity (Wildman–Crippen MR) is 83.4 cm³/mol. The zero-order chi connectivity index (χ0) is 14.8. The van der Waals surface area contributed by atoms with Crippen LogP contribution in [0.2, 0.25) is 5.02 Å². The first kappa shape index (κ1) is 14.5. The number of nitrogens with two attached hydrogens (primary N) is 1. The van der Waals surface area contributed by atoms with Gasteiger partial charge < -0.3 is 0 Å². The molecular formula is C17H18ClFN2. The number of fused-ring (bicyclic) bond motifs is 1. The second-order valence-corrected chi connectivity index (χ2v) is 6.02. The molecule has 0 bridgehead atoms. The summed E-state index contributed by atoms with van der Waals surface area (Å²) in [5.74, 6) is 5.69. The first-order valence-corrected chi connectivity index (χ1v) is 7.54. The molecule has 2 nitrogen and oxygen atoms in total. The Morgan fingerprint density at radius 1 is 1.19 bits per heavy atom. The van der Waals surface area contributed by atoms with Gasteiger partial charge in [0, 0.05) is 10.6 Å². The van der Waals surface area contributed by atoms with Gasteiger partial charge in [0.1, 0.15) is 5.82 Å². The monoisotopic (exact) mass is 304 g/mol. The lowest BCUT2D eigenvalue weighted by Crippen LogP contribution is -2.36. The largest absolute Gasteiger partial charge is 0.271 e. The Balaban J connectivity index is 1.88. The Bertz CT molecular complexity index is 644. The Morgan fingerprint density at radius 3 is 2.67 bits per heavy atom. The quantitative estimate of drug-likeness (QED) is 0.669. The van der Waals surface area contributed by atoms with Gasteiger partial charge in [0.2, 0.25) is 0 Å². The highest BCUT2D eigenvalue weighted by Gasteiger charge is 2.28. The molecule has 2 aromatic carbocycles. The highest BCUT2D eigenvalue weighted by molar-refractivity contribution is 6.30. The molecule has 21 heavy (non-hydrogen) atoms. The van der Waals surface area contributed by atoms with Crippen molar-refractivity contribution in [3.63, 3.8) is 0 Å². The zero-order valence-corrected chi connectivity index (χ0v) is 12.4. The third kappa shape index (κ3) is 2.95. The van der Waals surface area contributed by atoms with Gasteiger partial charge in [0.05, 0.1) is 6.04 Å². The van der Waals surface area contributed by atoms with E-state index in [-0.39, 0.29) is 17.8 Å². The van der Waals surface area contributed by atoms with Crippen LogP contribution in [0.3, 0.4) is 0 Å². The van der Waals surface area contributed by atoms with E-state index in [1.165, 1.54) is 17.2 Å². The van der Waals surface area contributed by atoms with E-state index in [0.29, 0.717) is 10.6 Å². The van der Waals surface area contributed by atoms with Gasteiger partial charge >= 0.3 is 0 Å². The molecule has 0 heterocycles. The van der Waals surface area contributed by atoms with Crippen LogP contribution in [0.4, 0.5) is 4.39 Å². The molecule has 0 spiro atoms. The maximum Gasteiger partial charge on any atom is 0.129 e. The van der Waals surface area contributed by atoms with Crippen LogP contribution in [-0.2, 0) is 12.8 Å². The molecule has 1 aliphatic rings. The second-order valence-electron chi connectivity index (χ2n) is 5.58. The molecular weight excluding hydrogens is 287 g/mol. The van der Waals surface area contributed by atoms with Crippen molar-refractivity contribution >= 4 is 11.6 Å². The molecule has 0 aliphatic heterocycles. The number of benzene rings is 2. The fraction of sp³-hybridized carbons (Fsp3) is 0.294. The molecule has 0 saturated heterocycles. The van der Waals surface area contributed by atoms with E-state index in [4.69, 9.17) is 17.4 Å². The van der Waals surface area contributed by atoms with Crippen LogP contribution in [0.5, 0.6) is 0 Å². The number of hydrogen-bond acceptors (Lipinski definition) is 2. The molecule has 0 saturated carbocycles. The Labute approximate surface area is 129 Å². The van der Waals surface area contributed by atoms with Crippen molar-refractivity contribution in [3.8, 4) is 0 Å². The minimum atomic E-state index is -0.302. The number of halogens is 2. The van der Waals surface area contributed by atoms with Crippen molar-refractivity contribution in [2.75, 3.05) is 0 Å². The van der Waals surface area contributed by atoms with Crippen molar-refractivity contribution in [1.82, 2.24) is 5.43 Å². The maximum atomic E-state index is 14.2. The molecule has 110 valence electrons. The van der Waals surface area contributed by atoms with E-state index < -0.39 is 0 Å². The molecule has 2 aromatic rings. The van der Waals surface area contributed by atoms with E-state index in [2.05, 4.69) is 29.7 Å². The third-order valence-electron chi connectivity index (χ3n) is 4.33. The van der Waals surface area contributed by atoms with Gasteiger partial charge in [-0.3, -0.25) is 11.3 Å². The summed E-state index contributed by atoms with van der Waals surface area (Å²) in [5, 5.41) is 0.404. The Hall–Kier alpha value is -1.42. The van der Waals surface area contributed by atoms with Crippen LogP contribution in [0, 0.1) is 11.7 Å². The van der Waals surface area contributed by atoms with E-state index in [9.17, 15) is 4.39 Å². The number of hydrogen-bond donors (Lipinski definition) is 2. The maximum absolute atomic E-state index is 14.2. The molecule has 0 aromatic heterocycles. The summed E-state index contributed by atoms with van der Waals surface area (Å²) in [4.78, 5) is 0. The van der Waals surface area contributed by atoms with Crippen LogP contribution in [0.1, 0.15) is 29.2 Å². The lowest BCUT2D eigenvalue weighted by atomic mass is 9.78. The average molecular weight is 305 g/mol. The van der Waals surface area contributed by atoms with Gasteiger partial charge in [-0.25, -0.2) is 4.39 Å². The number of rotatable bonds is 3. The standard InChI is InChI=1S/C17H18ClFN2/c18-14-7-8-15(16(19)10-14)17(21-20)13-6-5-11-3-1-2-4-12(11)9-13/h1-4,7-8,10,13,17,21H,5-6,9,20H2. The van der Waals surface area contributed by atoms with E-state index in [1.54, 1.807) is 12.1 Å². The summed E-state index contributed by atoms with van der Waals surface area (Å²) in [6, 6.07) is 13.0. The van der Waals surface area contributed by atoms with Crippen LogP contribution >= 0.6 is 11.6 Å². The summed E-state index contributed by atoms with van der Waals surface area (Å²) < 4.78 is 14.2. The van der Waals surface area contributed by atoms with Gasteiger partial charge in [-0.2, -0.15) is 0 Å². The van der Waals surface area contributed by atoms with Crippen molar-refractivity contribution in [2.24, 2.45) is 11.8 Å². The van der Waals surface area contributed by atoms with Crippen molar-refractivity contribution in [2.45, 2.75) is 25.3 Å². The zero-order valence-electron chi connectivity index (χ0n) is 11.7. The van der Waals surface area contributed by atoms with Gasteiger partial charge in [-0.05, 0) is 48.4 Å². The van der Waals surface area contributed by atoms with Crippen molar-refractivity contribution < 1.29 is 4.39 Å². The molecule has 0 amide bonds. The van der Waals surface area contributed by atoms with Gasteiger partial charge in [0.25, 0.3) is 0 Å². The normalized spacial score (nSPS) is 19.1. The lowest BCUT2D eigenvalue weighted by molar-refractivity contribution is 0.321. The van der Waals surface area contributed by atoms with Crippen LogP contribution in [0.25, 0.3) is 0 Å². The van der Waals surface area contributed by atoms with E-state index in [1.807, 2.05) is 0 Å². The fourth-order valence-electron chi connectivity index (χ4n) is 3.24. The summed E-state index contributed by atoms with van der Waals surface area (Å²) in [6.07, 6.45) is 2.91. The van der Waals surface area contributed by atoms with Crippen molar-refractivity contribution in [3.05, 3.63) is 70.0 Å². The summed E-state index contributed by atoms with van der Waals surface area (Å²) >= 11 is 5.83. The SMILES string of the molecule is NNC(c1ccc(Cl)cc1F)C1CCc2ccccc2C1. The number of aryl methyl sites for hydroxylation is 1. The Kier molecular flexibility index (Phi) is 4.24. The highest BCUT2D eigenvalue weighted by Crippen LogP contribution is 2.35. The number of hydrazine groups is 1. The molecule has 4 heteroatoms. The topological polar surface area (TPSA) is 38.0 Å². The average Bonchev–Trinajstić information content (AvgIpc) is 2.50. The van der Waals surface area contributed by atoms with Gasteiger partial charge in [-0.1, -0.05) is 41.9 Å². The molecule has 0 fully saturated rings. The molecule has 3 rings (SSSR count). The molecule has 3 N–H and O–H groups in total. The summed E-state index contributed by atoms with van der Waals surface area (Å²) in [6.45, 7) is 0. The molecule has 2 unspecified atom stereocenters. The Morgan fingerprint density at radius 2 is 1.95 bits per heavy atom. The summed E-state index contributed by atoms with van der Waals surface area (Å²) in [7, 11) is 0. The second kappa shape index (κ2) is 6.14. The van der Waals surface area contributed by atoms with E-state index >= 15 is 0 Å². The minimum absolute atomic E-state index is 0.198. The lowest BCUT2D eigenvalue weighted by Gasteiger charge is -2.31. The van der Waals surface area contributed by atoms with Gasteiger partial charge in [-0.15, -0.1) is 0 Å². The smallest absolute Gasteiger partial charge is 0.129 e. The first-order valence-electron chi connectivity index (χ1n) is 7.17. The van der Waals surface area contributed by atoms with Crippen LogP contribution < -0.4 is 11.3 Å². The van der Waals surface area contributed by atoms with Gasteiger partial charge in [0.15, 0.2) is 0 Å². The summed E-state index contributed by atoms with van der Waals surface area (Å²) in [5.41, 5.74) is 6.11. The minimum Gasteiger partial charge on any atom is -0.271 e. The molecule has 2 atom stereocenters. The fourth-order valence-corrected chi connectivity index (χ4v) is 3.40. The van der Waals surface area contributed by atoms with Crippen LogP contribution in [0.15, 0.2) is 42.5 Å².